The Balaban J connectivity index is 2.58. The normalized spacial score (nSPS) is 9.38. The zero-order valence-electron chi connectivity index (χ0n) is 7.28. The lowest BCUT2D eigenvalue weighted by Gasteiger charge is -2.04. The first-order chi connectivity index (χ1) is 6.22. The van der Waals surface area contributed by atoms with Gasteiger partial charge in [0.15, 0.2) is 0 Å². The molecule has 0 radical (unpaired) electrons. The van der Waals surface area contributed by atoms with Crippen LogP contribution in [0.3, 0.4) is 0 Å². The fraction of sp³-hybridized carbons (Fsp3) is 0.222. The van der Waals surface area contributed by atoms with E-state index in [2.05, 4.69) is 5.32 Å². The summed E-state index contributed by atoms with van der Waals surface area (Å²) in [6, 6.07) is 7.09. The van der Waals surface area contributed by atoms with E-state index in [0.29, 0.717) is 5.75 Å². The monoisotopic (exact) mass is 181 g/mol. The molecule has 0 bridgehead atoms. The number of nitrogens with one attached hydrogen (secondary N) is 1. The SMILES string of the molecule is Cc1cccc(OC(=O)NCO)c1. The Kier molecular flexibility index (Phi) is 3.28. The molecule has 4 heteroatoms. The molecule has 0 heterocycles. The first-order valence-corrected chi connectivity index (χ1v) is 3.85. The number of carbonyl (C=O) groups excluding carboxylic acids is 1. The maximum absolute atomic E-state index is 10.8. The average Bonchev–Trinajstić information content (AvgIpc) is 2.04. The topological polar surface area (TPSA) is 58.6 Å². The van der Waals surface area contributed by atoms with Gasteiger partial charge in [-0.05, 0) is 24.6 Å². The summed E-state index contributed by atoms with van der Waals surface area (Å²) in [5.41, 5.74) is 1.01. The molecule has 1 amide bonds. The molecule has 1 aromatic carbocycles. The number of ether oxygens (including phenoxy) is 1. The summed E-state index contributed by atoms with van der Waals surface area (Å²) in [6.07, 6.45) is -0.659. The largest absolute Gasteiger partial charge is 0.414 e. The summed E-state index contributed by atoms with van der Waals surface area (Å²) in [5.74, 6) is 0.464. The van der Waals surface area contributed by atoms with Crippen LogP contribution in [0.1, 0.15) is 5.56 Å². The number of carbonyl (C=O) groups is 1. The van der Waals surface area contributed by atoms with Gasteiger partial charge in [-0.1, -0.05) is 12.1 Å². The zero-order valence-corrected chi connectivity index (χ0v) is 7.28. The summed E-state index contributed by atoms with van der Waals surface area (Å²) < 4.78 is 4.83. The van der Waals surface area contributed by atoms with Crippen LogP contribution in [0.4, 0.5) is 4.79 Å². The van der Waals surface area contributed by atoms with Gasteiger partial charge >= 0.3 is 6.09 Å². The summed E-state index contributed by atoms with van der Waals surface area (Å²) in [4.78, 5) is 10.8. The number of aliphatic hydroxyl groups excluding tert-OH is 1. The smallest absolute Gasteiger partial charge is 0.410 e. The molecule has 0 aromatic heterocycles. The fourth-order valence-corrected chi connectivity index (χ4v) is 0.887. The highest BCUT2D eigenvalue weighted by atomic mass is 16.6. The lowest BCUT2D eigenvalue weighted by atomic mass is 10.2. The van der Waals surface area contributed by atoms with Gasteiger partial charge in [0.25, 0.3) is 0 Å². The molecule has 0 atom stereocenters. The summed E-state index contributed by atoms with van der Waals surface area (Å²) >= 11 is 0. The highest BCUT2D eigenvalue weighted by Crippen LogP contribution is 2.11. The molecule has 0 unspecified atom stereocenters. The van der Waals surface area contributed by atoms with E-state index in [9.17, 15) is 4.79 Å². The van der Waals surface area contributed by atoms with Crippen LogP contribution in [0.5, 0.6) is 5.75 Å². The van der Waals surface area contributed by atoms with Crippen LogP contribution >= 0.6 is 0 Å². The van der Waals surface area contributed by atoms with Crippen molar-refractivity contribution in [2.45, 2.75) is 6.92 Å². The average molecular weight is 181 g/mol. The number of hydrogen-bond acceptors (Lipinski definition) is 3. The van der Waals surface area contributed by atoms with E-state index in [-0.39, 0.29) is 0 Å². The third kappa shape index (κ3) is 3.13. The molecule has 0 aliphatic rings. The molecule has 0 aliphatic carbocycles. The lowest BCUT2D eigenvalue weighted by molar-refractivity contribution is 0.181. The van der Waals surface area contributed by atoms with Gasteiger partial charge in [-0.15, -0.1) is 0 Å². The Labute approximate surface area is 76.1 Å². The standard InChI is InChI=1S/C9H11NO3/c1-7-3-2-4-8(5-7)13-9(12)10-6-11/h2-5,11H,6H2,1H3,(H,10,12). The van der Waals surface area contributed by atoms with Crippen molar-refractivity contribution in [3.05, 3.63) is 29.8 Å². The zero-order chi connectivity index (χ0) is 9.68. The van der Waals surface area contributed by atoms with Gasteiger partial charge in [-0.25, -0.2) is 4.79 Å². The molecular formula is C9H11NO3. The third-order valence-corrected chi connectivity index (χ3v) is 1.42. The molecule has 13 heavy (non-hydrogen) atoms. The van der Waals surface area contributed by atoms with E-state index in [1.54, 1.807) is 18.2 Å². The van der Waals surface area contributed by atoms with Crippen molar-refractivity contribution in [1.82, 2.24) is 5.32 Å². The van der Waals surface area contributed by atoms with Crippen molar-refractivity contribution in [2.24, 2.45) is 0 Å². The lowest BCUT2D eigenvalue weighted by Crippen LogP contribution is -2.27. The molecule has 0 aliphatic heterocycles. The van der Waals surface area contributed by atoms with E-state index in [1.807, 2.05) is 13.0 Å². The van der Waals surface area contributed by atoms with E-state index in [0.717, 1.165) is 5.56 Å². The first kappa shape index (κ1) is 9.54. The second kappa shape index (κ2) is 4.47. The van der Waals surface area contributed by atoms with Crippen LogP contribution in [0.2, 0.25) is 0 Å². The molecule has 2 N–H and O–H groups in total. The van der Waals surface area contributed by atoms with Gasteiger partial charge in [0.1, 0.15) is 12.5 Å². The summed E-state index contributed by atoms with van der Waals surface area (Å²) in [5, 5.41) is 10.5. The van der Waals surface area contributed by atoms with Crippen LogP contribution in [-0.4, -0.2) is 17.9 Å². The van der Waals surface area contributed by atoms with Crippen LogP contribution in [0.15, 0.2) is 24.3 Å². The predicted octanol–water partition coefficient (Wildman–Crippen LogP) is 1.03. The van der Waals surface area contributed by atoms with Crippen LogP contribution < -0.4 is 10.1 Å². The van der Waals surface area contributed by atoms with Gasteiger partial charge in [0.2, 0.25) is 0 Å². The minimum Gasteiger partial charge on any atom is -0.410 e. The summed E-state index contributed by atoms with van der Waals surface area (Å²) in [6.45, 7) is 1.47. The van der Waals surface area contributed by atoms with E-state index < -0.39 is 12.8 Å². The van der Waals surface area contributed by atoms with Crippen LogP contribution in [-0.2, 0) is 0 Å². The Morgan fingerprint density at radius 3 is 3.00 bits per heavy atom. The number of aliphatic hydroxyl groups is 1. The van der Waals surface area contributed by atoms with Crippen molar-refractivity contribution in [3.63, 3.8) is 0 Å². The molecule has 0 saturated heterocycles. The number of aryl methyl sites for hydroxylation is 1. The van der Waals surface area contributed by atoms with Crippen molar-refractivity contribution in [1.29, 1.82) is 0 Å². The Morgan fingerprint density at radius 1 is 1.62 bits per heavy atom. The summed E-state index contributed by atoms with van der Waals surface area (Å²) in [7, 11) is 0. The maximum Gasteiger partial charge on any atom is 0.414 e. The number of rotatable bonds is 2. The molecule has 0 saturated carbocycles. The van der Waals surface area contributed by atoms with Gasteiger partial charge in [0, 0.05) is 0 Å². The predicted molar refractivity (Wildman–Crippen MR) is 47.4 cm³/mol. The molecular weight excluding hydrogens is 170 g/mol. The second-order valence-electron chi connectivity index (χ2n) is 2.54. The number of amides is 1. The number of hydrogen-bond donors (Lipinski definition) is 2. The molecule has 1 aromatic rings. The minimum absolute atomic E-state index is 0.426. The quantitative estimate of drug-likeness (QED) is 0.670. The number of benzene rings is 1. The van der Waals surface area contributed by atoms with Crippen LogP contribution in [0.25, 0.3) is 0 Å². The highest BCUT2D eigenvalue weighted by Gasteiger charge is 2.01. The fourth-order valence-electron chi connectivity index (χ4n) is 0.887. The first-order valence-electron chi connectivity index (χ1n) is 3.85. The molecule has 1 rings (SSSR count). The van der Waals surface area contributed by atoms with Gasteiger partial charge < -0.3 is 9.84 Å². The van der Waals surface area contributed by atoms with E-state index in [1.165, 1.54) is 0 Å². The van der Waals surface area contributed by atoms with Gasteiger partial charge in [0.05, 0.1) is 0 Å². The third-order valence-electron chi connectivity index (χ3n) is 1.42. The van der Waals surface area contributed by atoms with E-state index >= 15 is 0 Å². The second-order valence-corrected chi connectivity index (χ2v) is 2.54. The molecule has 4 nitrogen and oxygen atoms in total. The Hall–Kier alpha value is -1.55. The van der Waals surface area contributed by atoms with Crippen molar-refractivity contribution in [3.8, 4) is 5.75 Å². The van der Waals surface area contributed by atoms with Gasteiger partial charge in [-0.3, -0.25) is 5.32 Å². The highest BCUT2D eigenvalue weighted by molar-refractivity contribution is 5.70. The van der Waals surface area contributed by atoms with Crippen LogP contribution in [0, 0.1) is 6.92 Å². The Bertz CT molecular complexity index is 299. The molecule has 0 spiro atoms. The molecule has 70 valence electrons. The maximum atomic E-state index is 10.8. The Morgan fingerprint density at radius 2 is 2.38 bits per heavy atom. The van der Waals surface area contributed by atoms with Crippen molar-refractivity contribution in [2.75, 3.05) is 6.73 Å². The van der Waals surface area contributed by atoms with Crippen molar-refractivity contribution < 1.29 is 14.6 Å². The van der Waals surface area contributed by atoms with E-state index in [4.69, 9.17) is 9.84 Å². The molecule has 0 fully saturated rings. The van der Waals surface area contributed by atoms with Crippen molar-refractivity contribution >= 4 is 6.09 Å². The minimum atomic E-state index is -0.659. The van der Waals surface area contributed by atoms with Gasteiger partial charge in [-0.2, -0.15) is 0 Å².